The van der Waals surface area contributed by atoms with E-state index in [1.54, 1.807) is 0 Å². The smallest absolute Gasteiger partial charge is 0.167 e. The molecule has 0 radical (unpaired) electrons. The molecule has 0 saturated heterocycles. The molecule has 0 saturated carbocycles. The lowest BCUT2D eigenvalue weighted by atomic mass is 9.75. The van der Waals surface area contributed by atoms with E-state index in [4.69, 9.17) is 4.74 Å². The van der Waals surface area contributed by atoms with Gasteiger partial charge in [0.15, 0.2) is 5.78 Å². The minimum Gasteiger partial charge on any atom is -0.493 e. The average molecular weight is 306 g/mol. The predicted molar refractivity (Wildman–Crippen MR) is 63.4 cm³/mol. The van der Waals surface area contributed by atoms with Crippen LogP contribution in [0.3, 0.4) is 0 Å². The molecule has 1 unspecified atom stereocenters. The van der Waals surface area contributed by atoms with Crippen molar-refractivity contribution in [2.24, 2.45) is 5.41 Å². The molecule has 2 nitrogen and oxygen atoms in total. The first kappa shape index (κ1) is 10.5. The highest BCUT2D eigenvalue weighted by Crippen LogP contribution is 2.42. The van der Waals surface area contributed by atoms with Crippen molar-refractivity contribution in [1.29, 1.82) is 0 Å². The quantitative estimate of drug-likeness (QED) is 0.550. The first-order chi connectivity index (χ1) is 6.54. The highest BCUT2D eigenvalue weighted by molar-refractivity contribution is 14.1. The maximum atomic E-state index is 12.0. The molecular weight excluding hydrogens is 291 g/mol. The van der Waals surface area contributed by atoms with Gasteiger partial charge in [-0.2, -0.15) is 0 Å². The van der Waals surface area contributed by atoms with E-state index in [0.717, 1.165) is 35.0 Å². The summed E-state index contributed by atoms with van der Waals surface area (Å²) in [5.41, 5.74) is 0.811. The number of rotatable bonds is 1. The van der Waals surface area contributed by atoms with Crippen molar-refractivity contribution in [2.45, 2.75) is 39.2 Å². The van der Waals surface area contributed by atoms with Gasteiger partial charge in [0.1, 0.15) is 11.9 Å². The number of ether oxygens (including phenoxy) is 1. The van der Waals surface area contributed by atoms with Crippen LogP contribution in [-0.2, 0) is 9.53 Å². The molecule has 1 heterocycles. The Bertz CT molecular complexity index is 304. The van der Waals surface area contributed by atoms with Crippen LogP contribution in [-0.4, -0.2) is 16.3 Å². The van der Waals surface area contributed by atoms with E-state index in [2.05, 4.69) is 22.6 Å². The number of allylic oxidation sites excluding steroid dienone is 1. The Hall–Kier alpha value is -0.0600. The molecule has 78 valence electrons. The van der Waals surface area contributed by atoms with E-state index < -0.39 is 0 Å². The zero-order valence-electron chi connectivity index (χ0n) is 8.60. The van der Waals surface area contributed by atoms with Gasteiger partial charge in [-0.25, -0.2) is 0 Å². The summed E-state index contributed by atoms with van der Waals surface area (Å²) in [5.74, 6) is 1.29. The van der Waals surface area contributed by atoms with Gasteiger partial charge in [-0.05, 0) is 6.42 Å². The van der Waals surface area contributed by atoms with Crippen LogP contribution in [0.2, 0.25) is 0 Å². The van der Waals surface area contributed by atoms with Crippen LogP contribution in [0.4, 0.5) is 0 Å². The van der Waals surface area contributed by atoms with Crippen molar-refractivity contribution in [1.82, 2.24) is 0 Å². The molecule has 0 bridgehead atoms. The first-order valence-electron chi connectivity index (χ1n) is 5.04. The molecule has 1 aliphatic carbocycles. The van der Waals surface area contributed by atoms with Gasteiger partial charge in [-0.3, -0.25) is 4.79 Å². The number of hydrogen-bond donors (Lipinski definition) is 0. The number of carbonyl (C=O) groups is 1. The molecule has 2 aliphatic rings. The number of carbonyl (C=O) groups excluding carboxylic acids is 1. The number of hydrogen-bond acceptors (Lipinski definition) is 2. The summed E-state index contributed by atoms with van der Waals surface area (Å²) in [6.07, 6.45) is 2.96. The lowest BCUT2D eigenvalue weighted by molar-refractivity contribution is -0.124. The lowest BCUT2D eigenvalue weighted by Crippen LogP contribution is -2.29. The van der Waals surface area contributed by atoms with E-state index >= 15 is 0 Å². The molecule has 0 amide bonds. The topological polar surface area (TPSA) is 26.3 Å². The lowest BCUT2D eigenvalue weighted by Gasteiger charge is -2.27. The number of alkyl halides is 1. The summed E-state index contributed by atoms with van der Waals surface area (Å²) in [5, 5.41) is 0. The molecule has 0 aromatic heterocycles. The average Bonchev–Trinajstić information content (AvgIpc) is 2.55. The Morgan fingerprint density at radius 2 is 2.29 bits per heavy atom. The first-order valence-corrected chi connectivity index (χ1v) is 6.56. The van der Waals surface area contributed by atoms with Crippen LogP contribution in [0.15, 0.2) is 11.3 Å². The van der Waals surface area contributed by atoms with Crippen LogP contribution in [0, 0.1) is 5.41 Å². The standard InChI is InChI=1S/C11H15IO2/c1-11(2)4-3-9-8(10(11)13)5-7(6-12)14-9/h7H,3-6H2,1-2H3. The molecule has 0 spiro atoms. The minimum absolute atomic E-state index is 0.164. The molecule has 0 aromatic carbocycles. The van der Waals surface area contributed by atoms with E-state index in [1.165, 1.54) is 0 Å². The second-order valence-electron chi connectivity index (χ2n) is 4.71. The molecule has 0 aromatic rings. The van der Waals surface area contributed by atoms with Crippen LogP contribution >= 0.6 is 22.6 Å². The molecule has 0 N–H and O–H groups in total. The SMILES string of the molecule is CC1(C)CCC2=C(CC(CI)O2)C1=O. The normalized spacial score (nSPS) is 30.2. The van der Waals surface area contributed by atoms with Crippen LogP contribution in [0.25, 0.3) is 0 Å². The fourth-order valence-electron chi connectivity index (χ4n) is 2.12. The Morgan fingerprint density at radius 1 is 1.57 bits per heavy atom. The molecular formula is C11H15IO2. The van der Waals surface area contributed by atoms with Crippen LogP contribution in [0.1, 0.15) is 33.1 Å². The molecule has 2 rings (SSSR count). The molecule has 1 aliphatic heterocycles. The highest BCUT2D eigenvalue weighted by atomic mass is 127. The van der Waals surface area contributed by atoms with E-state index in [1.807, 2.05) is 13.8 Å². The zero-order valence-corrected chi connectivity index (χ0v) is 10.8. The summed E-state index contributed by atoms with van der Waals surface area (Å²) in [6.45, 7) is 4.08. The second-order valence-corrected chi connectivity index (χ2v) is 5.59. The monoisotopic (exact) mass is 306 g/mol. The third kappa shape index (κ3) is 1.59. The van der Waals surface area contributed by atoms with E-state index in [9.17, 15) is 4.79 Å². The third-order valence-electron chi connectivity index (χ3n) is 3.12. The number of ketones is 1. The van der Waals surface area contributed by atoms with Gasteiger partial charge in [-0.1, -0.05) is 36.4 Å². The Kier molecular flexibility index (Phi) is 2.62. The van der Waals surface area contributed by atoms with Gasteiger partial charge in [-0.15, -0.1) is 0 Å². The predicted octanol–water partition coefficient (Wildman–Crippen LogP) is 2.85. The van der Waals surface area contributed by atoms with Gasteiger partial charge in [0.25, 0.3) is 0 Å². The Labute approximate surface area is 98.2 Å². The van der Waals surface area contributed by atoms with Crippen molar-refractivity contribution in [3.63, 3.8) is 0 Å². The van der Waals surface area contributed by atoms with Gasteiger partial charge in [0, 0.05) is 28.3 Å². The van der Waals surface area contributed by atoms with Crippen LogP contribution < -0.4 is 0 Å². The molecule has 1 atom stereocenters. The molecule has 14 heavy (non-hydrogen) atoms. The third-order valence-corrected chi connectivity index (χ3v) is 4.10. The zero-order chi connectivity index (χ0) is 10.3. The largest absolute Gasteiger partial charge is 0.493 e. The van der Waals surface area contributed by atoms with Gasteiger partial charge >= 0.3 is 0 Å². The fraction of sp³-hybridized carbons (Fsp3) is 0.727. The van der Waals surface area contributed by atoms with E-state index in [0.29, 0.717) is 5.78 Å². The summed E-state index contributed by atoms with van der Waals surface area (Å²) >= 11 is 2.32. The maximum Gasteiger partial charge on any atom is 0.167 e. The Morgan fingerprint density at radius 3 is 2.93 bits per heavy atom. The molecule has 0 fully saturated rings. The Balaban J connectivity index is 2.23. The molecule has 3 heteroatoms. The number of halogens is 1. The van der Waals surface area contributed by atoms with Crippen molar-refractivity contribution < 1.29 is 9.53 Å². The maximum absolute atomic E-state index is 12.0. The van der Waals surface area contributed by atoms with Crippen molar-refractivity contribution in [3.05, 3.63) is 11.3 Å². The van der Waals surface area contributed by atoms with E-state index in [-0.39, 0.29) is 11.5 Å². The van der Waals surface area contributed by atoms with Crippen molar-refractivity contribution in [3.8, 4) is 0 Å². The van der Waals surface area contributed by atoms with Crippen LogP contribution in [0.5, 0.6) is 0 Å². The summed E-state index contributed by atoms with van der Waals surface area (Å²) in [6, 6.07) is 0. The fourth-order valence-corrected chi connectivity index (χ4v) is 2.61. The summed E-state index contributed by atoms with van der Waals surface area (Å²) < 4.78 is 6.70. The van der Waals surface area contributed by atoms with Gasteiger partial charge in [0.2, 0.25) is 0 Å². The van der Waals surface area contributed by atoms with Gasteiger partial charge < -0.3 is 4.74 Å². The van der Waals surface area contributed by atoms with Crippen molar-refractivity contribution >= 4 is 28.4 Å². The summed E-state index contributed by atoms with van der Waals surface area (Å²) in [7, 11) is 0. The minimum atomic E-state index is -0.164. The second kappa shape index (κ2) is 3.51. The number of Topliss-reactive ketones (excluding diaryl/α,β-unsaturated/α-hetero) is 1. The highest BCUT2D eigenvalue weighted by Gasteiger charge is 2.41. The van der Waals surface area contributed by atoms with Gasteiger partial charge in [0.05, 0.1) is 0 Å². The summed E-state index contributed by atoms with van der Waals surface area (Å²) in [4.78, 5) is 12.0. The van der Waals surface area contributed by atoms with Crippen molar-refractivity contribution in [2.75, 3.05) is 4.43 Å².